The Morgan fingerprint density at radius 1 is 1.20 bits per heavy atom. The van der Waals surface area contributed by atoms with Gasteiger partial charge in [-0.1, -0.05) is 6.07 Å². The van der Waals surface area contributed by atoms with Gasteiger partial charge in [0.2, 0.25) is 5.91 Å². The Morgan fingerprint density at radius 3 is 2.60 bits per heavy atom. The van der Waals surface area contributed by atoms with E-state index in [1.54, 1.807) is 25.3 Å². The van der Waals surface area contributed by atoms with Crippen molar-refractivity contribution < 1.29 is 19.4 Å². The first kappa shape index (κ1) is 19.3. The molecule has 0 aliphatic rings. The summed E-state index contributed by atoms with van der Waals surface area (Å²) in [7, 11) is 3.10. The molecule has 6 heteroatoms. The lowest BCUT2D eigenvalue weighted by atomic mass is 10.0. The fraction of sp³-hybridized carbons (Fsp3) is 0.316. The second kappa shape index (κ2) is 8.87. The van der Waals surface area contributed by atoms with Crippen LogP contribution >= 0.6 is 15.9 Å². The number of carbonyl (C=O) groups excluding carboxylic acids is 1. The summed E-state index contributed by atoms with van der Waals surface area (Å²) in [5.74, 6) is 1.03. The van der Waals surface area contributed by atoms with Crippen LogP contribution in [0, 0.1) is 6.92 Å². The van der Waals surface area contributed by atoms with E-state index in [2.05, 4.69) is 21.2 Å². The highest BCUT2D eigenvalue weighted by atomic mass is 79.9. The van der Waals surface area contributed by atoms with Crippen LogP contribution in [0.3, 0.4) is 0 Å². The molecule has 2 N–H and O–H groups in total. The highest BCUT2D eigenvalue weighted by molar-refractivity contribution is 9.10. The van der Waals surface area contributed by atoms with Crippen LogP contribution < -0.4 is 14.8 Å². The number of aryl methyl sites for hydroxylation is 1. The van der Waals surface area contributed by atoms with E-state index in [1.165, 1.54) is 7.11 Å². The van der Waals surface area contributed by atoms with Crippen LogP contribution in [-0.4, -0.2) is 25.2 Å². The Morgan fingerprint density at radius 2 is 1.96 bits per heavy atom. The molecule has 0 saturated carbocycles. The van der Waals surface area contributed by atoms with Gasteiger partial charge in [0.1, 0.15) is 11.5 Å². The number of amides is 1. The molecule has 0 fully saturated rings. The number of aliphatic hydroxyl groups excluding tert-OH is 1. The van der Waals surface area contributed by atoms with Gasteiger partial charge in [0.05, 0.1) is 26.0 Å². The second-order valence-electron chi connectivity index (χ2n) is 5.69. The lowest BCUT2D eigenvalue weighted by molar-refractivity contribution is -0.116. The van der Waals surface area contributed by atoms with E-state index >= 15 is 0 Å². The molecule has 5 nitrogen and oxygen atoms in total. The molecular formula is C19H22BrNO4. The van der Waals surface area contributed by atoms with E-state index in [-0.39, 0.29) is 18.7 Å². The van der Waals surface area contributed by atoms with Crippen molar-refractivity contribution in [2.45, 2.75) is 25.9 Å². The predicted molar refractivity (Wildman–Crippen MR) is 101 cm³/mol. The van der Waals surface area contributed by atoms with Crippen molar-refractivity contribution in [3.63, 3.8) is 0 Å². The van der Waals surface area contributed by atoms with E-state index in [9.17, 15) is 9.90 Å². The minimum atomic E-state index is -0.798. The standard InChI is InChI=1S/C19H22BrNO4/c1-12-4-7-16(15(20)10-12)21-19(23)9-8-17(22)14-6-5-13(24-2)11-18(14)25-3/h4-7,10-11,17,22H,8-9H2,1-3H3,(H,21,23). The van der Waals surface area contributed by atoms with E-state index in [1.807, 2.05) is 25.1 Å². The maximum absolute atomic E-state index is 12.1. The molecule has 0 aliphatic carbocycles. The summed E-state index contributed by atoms with van der Waals surface area (Å²) in [6, 6.07) is 10.9. The lowest BCUT2D eigenvalue weighted by Gasteiger charge is -2.16. The van der Waals surface area contributed by atoms with Crippen LogP contribution in [0.5, 0.6) is 11.5 Å². The van der Waals surface area contributed by atoms with Crippen molar-refractivity contribution in [1.82, 2.24) is 0 Å². The van der Waals surface area contributed by atoms with E-state index in [4.69, 9.17) is 9.47 Å². The number of rotatable bonds is 7. The molecule has 0 heterocycles. The fourth-order valence-electron chi connectivity index (χ4n) is 2.45. The van der Waals surface area contributed by atoms with Crippen molar-refractivity contribution in [1.29, 1.82) is 0 Å². The summed E-state index contributed by atoms with van der Waals surface area (Å²) in [5.41, 5.74) is 2.45. The first-order valence-electron chi connectivity index (χ1n) is 7.90. The summed E-state index contributed by atoms with van der Waals surface area (Å²) in [6.45, 7) is 1.98. The molecule has 0 radical (unpaired) electrons. The zero-order valence-electron chi connectivity index (χ0n) is 14.5. The Bertz CT molecular complexity index is 748. The number of ether oxygens (including phenoxy) is 2. The van der Waals surface area contributed by atoms with Gasteiger partial charge in [0.15, 0.2) is 0 Å². The summed E-state index contributed by atoms with van der Waals surface area (Å²) < 4.78 is 11.3. The van der Waals surface area contributed by atoms with Crippen molar-refractivity contribution in [2.75, 3.05) is 19.5 Å². The van der Waals surface area contributed by atoms with Crippen LogP contribution in [0.25, 0.3) is 0 Å². The summed E-state index contributed by atoms with van der Waals surface area (Å²) in [4.78, 5) is 12.1. The fourth-order valence-corrected chi connectivity index (χ4v) is 3.04. The maximum Gasteiger partial charge on any atom is 0.224 e. The first-order valence-corrected chi connectivity index (χ1v) is 8.70. The van der Waals surface area contributed by atoms with Gasteiger partial charge < -0.3 is 19.9 Å². The molecule has 2 aromatic rings. The van der Waals surface area contributed by atoms with Crippen molar-refractivity contribution in [2.24, 2.45) is 0 Å². The number of hydrogen-bond acceptors (Lipinski definition) is 4. The number of methoxy groups -OCH3 is 2. The van der Waals surface area contributed by atoms with Gasteiger partial charge in [0.25, 0.3) is 0 Å². The van der Waals surface area contributed by atoms with E-state index < -0.39 is 6.10 Å². The Kier molecular flexibility index (Phi) is 6.84. The highest BCUT2D eigenvalue weighted by Gasteiger charge is 2.16. The monoisotopic (exact) mass is 407 g/mol. The predicted octanol–water partition coefficient (Wildman–Crippen LogP) is 4.23. The van der Waals surface area contributed by atoms with Crippen molar-refractivity contribution >= 4 is 27.5 Å². The smallest absolute Gasteiger partial charge is 0.224 e. The zero-order chi connectivity index (χ0) is 18.4. The number of benzene rings is 2. The molecule has 0 bridgehead atoms. The van der Waals surface area contributed by atoms with Gasteiger partial charge in [-0.3, -0.25) is 4.79 Å². The van der Waals surface area contributed by atoms with Gasteiger partial charge in [-0.2, -0.15) is 0 Å². The third kappa shape index (κ3) is 5.21. The Balaban J connectivity index is 1.97. The van der Waals surface area contributed by atoms with E-state index in [0.29, 0.717) is 22.7 Å². The summed E-state index contributed by atoms with van der Waals surface area (Å²) >= 11 is 3.43. The average Bonchev–Trinajstić information content (AvgIpc) is 2.61. The molecule has 1 unspecified atom stereocenters. The Hall–Kier alpha value is -2.05. The third-order valence-corrected chi connectivity index (χ3v) is 4.50. The van der Waals surface area contributed by atoms with Crippen molar-refractivity contribution in [3.8, 4) is 11.5 Å². The van der Waals surface area contributed by atoms with E-state index in [0.717, 1.165) is 10.0 Å². The number of hydrogen-bond donors (Lipinski definition) is 2. The van der Waals surface area contributed by atoms with Gasteiger partial charge in [-0.05, 0) is 59.1 Å². The molecule has 0 spiro atoms. The average molecular weight is 408 g/mol. The molecular weight excluding hydrogens is 386 g/mol. The lowest BCUT2D eigenvalue weighted by Crippen LogP contribution is -2.13. The van der Waals surface area contributed by atoms with Gasteiger partial charge in [-0.25, -0.2) is 0 Å². The van der Waals surface area contributed by atoms with Crippen LogP contribution in [0.4, 0.5) is 5.69 Å². The largest absolute Gasteiger partial charge is 0.497 e. The molecule has 1 atom stereocenters. The molecule has 2 rings (SSSR count). The highest BCUT2D eigenvalue weighted by Crippen LogP contribution is 2.31. The Labute approximate surface area is 156 Å². The molecule has 0 aromatic heterocycles. The molecule has 2 aromatic carbocycles. The van der Waals surface area contributed by atoms with Gasteiger partial charge >= 0.3 is 0 Å². The van der Waals surface area contributed by atoms with Gasteiger partial charge in [0, 0.05) is 22.5 Å². The number of aliphatic hydroxyl groups is 1. The normalized spacial score (nSPS) is 11.7. The van der Waals surface area contributed by atoms with Crippen LogP contribution in [-0.2, 0) is 4.79 Å². The van der Waals surface area contributed by atoms with Crippen LogP contribution in [0.2, 0.25) is 0 Å². The SMILES string of the molecule is COc1ccc(C(O)CCC(=O)Nc2ccc(C)cc2Br)c(OC)c1. The van der Waals surface area contributed by atoms with Crippen LogP contribution in [0.15, 0.2) is 40.9 Å². The first-order chi connectivity index (χ1) is 11.9. The minimum Gasteiger partial charge on any atom is -0.497 e. The van der Waals surface area contributed by atoms with Crippen LogP contribution in [0.1, 0.15) is 30.1 Å². The second-order valence-corrected chi connectivity index (χ2v) is 6.55. The molecule has 134 valence electrons. The number of halogens is 1. The number of anilines is 1. The quantitative estimate of drug-likeness (QED) is 0.720. The number of nitrogens with one attached hydrogen (secondary N) is 1. The minimum absolute atomic E-state index is 0.156. The molecule has 25 heavy (non-hydrogen) atoms. The van der Waals surface area contributed by atoms with Gasteiger partial charge in [-0.15, -0.1) is 0 Å². The summed E-state index contributed by atoms with van der Waals surface area (Å²) in [5, 5.41) is 13.2. The zero-order valence-corrected chi connectivity index (χ0v) is 16.1. The maximum atomic E-state index is 12.1. The third-order valence-electron chi connectivity index (χ3n) is 3.84. The molecule has 0 aliphatic heterocycles. The molecule has 1 amide bonds. The molecule has 0 saturated heterocycles. The topological polar surface area (TPSA) is 67.8 Å². The number of carbonyl (C=O) groups is 1. The van der Waals surface area contributed by atoms with Crippen molar-refractivity contribution in [3.05, 3.63) is 52.0 Å². The summed E-state index contributed by atoms with van der Waals surface area (Å²) in [6.07, 6.45) is -0.317.